The number of hydrogen-bond donors (Lipinski definition) is 1. The SMILES string of the molecule is COc1cc(OC)cc(C(=O)NCCN(c2cccc(C)c2)S(C)(=O)=O)c1. The van der Waals surface area contributed by atoms with Crippen molar-refractivity contribution >= 4 is 21.6 Å². The summed E-state index contributed by atoms with van der Waals surface area (Å²) in [6.45, 7) is 2.16. The van der Waals surface area contributed by atoms with Crippen molar-refractivity contribution in [3.63, 3.8) is 0 Å². The van der Waals surface area contributed by atoms with Gasteiger partial charge in [0.2, 0.25) is 10.0 Å². The van der Waals surface area contributed by atoms with Crippen molar-refractivity contribution in [2.24, 2.45) is 0 Å². The lowest BCUT2D eigenvalue weighted by Crippen LogP contribution is -2.38. The second kappa shape index (κ2) is 8.77. The predicted octanol–water partition coefficient (Wildman–Crippen LogP) is 2.21. The summed E-state index contributed by atoms with van der Waals surface area (Å²) in [6.07, 6.45) is 1.14. The van der Waals surface area contributed by atoms with Crippen LogP contribution in [0.25, 0.3) is 0 Å². The van der Waals surface area contributed by atoms with E-state index in [1.807, 2.05) is 13.0 Å². The molecule has 0 spiro atoms. The van der Waals surface area contributed by atoms with Crippen LogP contribution >= 0.6 is 0 Å². The fraction of sp³-hybridized carbons (Fsp3) is 0.316. The second-order valence-electron chi connectivity index (χ2n) is 6.03. The maximum Gasteiger partial charge on any atom is 0.251 e. The summed E-state index contributed by atoms with van der Waals surface area (Å²) in [7, 11) is -0.472. The van der Waals surface area contributed by atoms with Gasteiger partial charge in [0.1, 0.15) is 11.5 Å². The molecule has 0 unspecified atom stereocenters. The Labute approximate surface area is 160 Å². The quantitative estimate of drug-likeness (QED) is 0.745. The molecule has 0 bridgehead atoms. The van der Waals surface area contributed by atoms with Crippen LogP contribution < -0.4 is 19.1 Å². The zero-order valence-corrected chi connectivity index (χ0v) is 16.7. The van der Waals surface area contributed by atoms with Crippen LogP contribution in [0.5, 0.6) is 11.5 Å². The van der Waals surface area contributed by atoms with E-state index < -0.39 is 10.0 Å². The number of nitrogens with one attached hydrogen (secondary N) is 1. The minimum Gasteiger partial charge on any atom is -0.497 e. The van der Waals surface area contributed by atoms with Gasteiger partial charge in [0.25, 0.3) is 5.91 Å². The molecule has 1 amide bonds. The Morgan fingerprint density at radius 1 is 1.07 bits per heavy atom. The van der Waals surface area contributed by atoms with Gasteiger partial charge < -0.3 is 14.8 Å². The zero-order valence-electron chi connectivity index (χ0n) is 15.9. The number of anilines is 1. The molecule has 0 fully saturated rings. The Morgan fingerprint density at radius 3 is 2.22 bits per heavy atom. The van der Waals surface area contributed by atoms with E-state index >= 15 is 0 Å². The molecule has 0 saturated heterocycles. The van der Waals surface area contributed by atoms with E-state index in [1.54, 1.807) is 36.4 Å². The third-order valence-corrected chi connectivity index (χ3v) is 5.10. The topological polar surface area (TPSA) is 84.9 Å². The van der Waals surface area contributed by atoms with Crippen molar-refractivity contribution in [1.29, 1.82) is 0 Å². The van der Waals surface area contributed by atoms with Crippen molar-refractivity contribution in [2.75, 3.05) is 37.9 Å². The Hall–Kier alpha value is -2.74. The van der Waals surface area contributed by atoms with Crippen molar-refractivity contribution in [1.82, 2.24) is 5.32 Å². The van der Waals surface area contributed by atoms with Crippen LogP contribution in [0.1, 0.15) is 15.9 Å². The first-order valence-electron chi connectivity index (χ1n) is 8.30. The highest BCUT2D eigenvalue weighted by Crippen LogP contribution is 2.22. The number of carbonyl (C=O) groups excluding carboxylic acids is 1. The number of aryl methyl sites for hydroxylation is 1. The molecule has 7 nitrogen and oxygen atoms in total. The Kier molecular flexibility index (Phi) is 6.68. The van der Waals surface area contributed by atoms with Crippen LogP contribution in [0.3, 0.4) is 0 Å². The summed E-state index contributed by atoms with van der Waals surface area (Å²) < 4.78 is 35.9. The van der Waals surface area contributed by atoms with E-state index in [0.717, 1.165) is 11.8 Å². The lowest BCUT2D eigenvalue weighted by molar-refractivity contribution is 0.0954. The van der Waals surface area contributed by atoms with Gasteiger partial charge in [0.15, 0.2) is 0 Å². The normalized spacial score (nSPS) is 11.0. The molecular formula is C19H24N2O5S. The highest BCUT2D eigenvalue weighted by molar-refractivity contribution is 7.92. The molecule has 0 aliphatic heterocycles. The number of amides is 1. The molecule has 0 aliphatic rings. The van der Waals surface area contributed by atoms with Gasteiger partial charge in [-0.3, -0.25) is 9.10 Å². The summed E-state index contributed by atoms with van der Waals surface area (Å²) in [5, 5.41) is 2.73. The Bertz CT molecular complexity index is 890. The predicted molar refractivity (Wildman–Crippen MR) is 105 cm³/mol. The Balaban J connectivity index is 2.10. The van der Waals surface area contributed by atoms with E-state index in [0.29, 0.717) is 22.7 Å². The van der Waals surface area contributed by atoms with Crippen molar-refractivity contribution in [3.8, 4) is 11.5 Å². The molecule has 0 aromatic heterocycles. The molecule has 27 heavy (non-hydrogen) atoms. The second-order valence-corrected chi connectivity index (χ2v) is 7.94. The van der Waals surface area contributed by atoms with E-state index in [2.05, 4.69) is 5.32 Å². The van der Waals surface area contributed by atoms with Gasteiger partial charge in [0.05, 0.1) is 32.7 Å². The number of rotatable bonds is 8. The van der Waals surface area contributed by atoms with Crippen LogP contribution in [-0.2, 0) is 10.0 Å². The Morgan fingerprint density at radius 2 is 1.70 bits per heavy atom. The molecule has 2 rings (SSSR count). The molecule has 0 aliphatic carbocycles. The number of nitrogens with zero attached hydrogens (tertiary/aromatic N) is 1. The molecule has 8 heteroatoms. The average molecular weight is 392 g/mol. The summed E-state index contributed by atoms with van der Waals surface area (Å²) in [5.41, 5.74) is 1.89. The number of benzene rings is 2. The lowest BCUT2D eigenvalue weighted by Gasteiger charge is -2.23. The van der Waals surface area contributed by atoms with E-state index in [9.17, 15) is 13.2 Å². The number of hydrogen-bond acceptors (Lipinski definition) is 5. The van der Waals surface area contributed by atoms with Gasteiger partial charge in [-0.05, 0) is 36.8 Å². The summed E-state index contributed by atoms with van der Waals surface area (Å²) >= 11 is 0. The minimum atomic E-state index is -3.48. The molecule has 1 N–H and O–H groups in total. The van der Waals surface area contributed by atoms with Gasteiger partial charge >= 0.3 is 0 Å². The van der Waals surface area contributed by atoms with Crippen molar-refractivity contribution in [2.45, 2.75) is 6.92 Å². The van der Waals surface area contributed by atoms with Crippen molar-refractivity contribution < 1.29 is 22.7 Å². The summed E-state index contributed by atoms with van der Waals surface area (Å²) in [4.78, 5) is 12.4. The van der Waals surface area contributed by atoms with Crippen LogP contribution in [0.15, 0.2) is 42.5 Å². The van der Waals surface area contributed by atoms with Crippen LogP contribution in [0, 0.1) is 6.92 Å². The van der Waals surface area contributed by atoms with E-state index in [1.165, 1.54) is 18.5 Å². The average Bonchev–Trinajstić information content (AvgIpc) is 2.63. The molecule has 0 radical (unpaired) electrons. The van der Waals surface area contributed by atoms with Crippen LogP contribution in [-0.4, -0.2) is 47.9 Å². The van der Waals surface area contributed by atoms with Gasteiger partial charge in [-0.2, -0.15) is 0 Å². The maximum absolute atomic E-state index is 12.4. The summed E-state index contributed by atoms with van der Waals surface area (Å²) in [6, 6.07) is 12.0. The monoisotopic (exact) mass is 392 g/mol. The molecule has 0 atom stereocenters. The first kappa shape index (κ1) is 20.6. The highest BCUT2D eigenvalue weighted by atomic mass is 32.2. The third-order valence-electron chi connectivity index (χ3n) is 3.90. The number of sulfonamides is 1. The number of carbonyl (C=O) groups is 1. The highest BCUT2D eigenvalue weighted by Gasteiger charge is 2.18. The van der Waals surface area contributed by atoms with Gasteiger partial charge in [0, 0.05) is 18.2 Å². The zero-order chi connectivity index (χ0) is 20.0. The molecular weight excluding hydrogens is 368 g/mol. The molecule has 2 aromatic rings. The summed E-state index contributed by atoms with van der Waals surface area (Å²) in [5.74, 6) is 0.652. The largest absolute Gasteiger partial charge is 0.497 e. The minimum absolute atomic E-state index is 0.120. The third kappa shape index (κ3) is 5.62. The molecule has 2 aromatic carbocycles. The standard InChI is InChI=1S/C19H24N2O5S/c1-14-6-5-7-16(10-14)21(27(4,23)24)9-8-20-19(22)15-11-17(25-2)13-18(12-15)26-3/h5-7,10-13H,8-9H2,1-4H3,(H,20,22). The fourth-order valence-electron chi connectivity index (χ4n) is 2.58. The lowest BCUT2D eigenvalue weighted by atomic mass is 10.2. The van der Waals surface area contributed by atoms with Gasteiger partial charge in [-0.15, -0.1) is 0 Å². The van der Waals surface area contributed by atoms with E-state index in [-0.39, 0.29) is 19.0 Å². The maximum atomic E-state index is 12.4. The number of methoxy groups -OCH3 is 2. The number of ether oxygens (including phenoxy) is 2. The van der Waals surface area contributed by atoms with Gasteiger partial charge in [-0.25, -0.2) is 8.42 Å². The van der Waals surface area contributed by atoms with E-state index in [4.69, 9.17) is 9.47 Å². The molecule has 0 saturated carbocycles. The van der Waals surface area contributed by atoms with Crippen LogP contribution in [0.4, 0.5) is 5.69 Å². The first-order chi connectivity index (χ1) is 12.7. The molecule has 0 heterocycles. The van der Waals surface area contributed by atoms with Crippen LogP contribution in [0.2, 0.25) is 0 Å². The molecule has 146 valence electrons. The van der Waals surface area contributed by atoms with Crippen molar-refractivity contribution in [3.05, 3.63) is 53.6 Å². The first-order valence-corrected chi connectivity index (χ1v) is 10.1. The fourth-order valence-corrected chi connectivity index (χ4v) is 3.50. The van der Waals surface area contributed by atoms with Gasteiger partial charge in [-0.1, -0.05) is 12.1 Å². The smallest absolute Gasteiger partial charge is 0.251 e.